The van der Waals surface area contributed by atoms with Gasteiger partial charge >= 0.3 is 17.9 Å². The lowest BCUT2D eigenvalue weighted by Gasteiger charge is -2.34. The van der Waals surface area contributed by atoms with Crippen molar-refractivity contribution >= 4 is 11.9 Å². The number of aliphatic carboxylic acids is 1. The van der Waals surface area contributed by atoms with Crippen LogP contribution in [-0.2, 0) is 9.53 Å². The van der Waals surface area contributed by atoms with E-state index in [1.807, 2.05) is 6.92 Å². The largest absolute Gasteiger partial charge is 0.488 e. The molecule has 1 aliphatic rings. The number of alkyl halides is 2. The Morgan fingerprint density at radius 1 is 1.08 bits per heavy atom. The van der Waals surface area contributed by atoms with E-state index in [-0.39, 0.29) is 11.2 Å². The minimum absolute atomic E-state index is 0.0420. The van der Waals surface area contributed by atoms with Crippen LogP contribution in [0.15, 0.2) is 24.3 Å². The quantitative estimate of drug-likeness (QED) is 0.749. The van der Waals surface area contributed by atoms with Crippen LogP contribution >= 0.6 is 0 Å². The van der Waals surface area contributed by atoms with Crippen LogP contribution in [0, 0.1) is 0 Å². The normalized spacial score (nSPS) is 17.4. The molecule has 0 aliphatic heterocycles. The third-order valence-corrected chi connectivity index (χ3v) is 4.74. The maximum atomic E-state index is 13.7. The molecule has 0 unspecified atom stereocenters. The lowest BCUT2D eigenvalue weighted by Crippen LogP contribution is -2.51. The molecule has 1 aliphatic carbocycles. The number of ether oxygens (including phenoxy) is 2. The number of hydrogen-bond donors (Lipinski definition) is 1. The molecule has 5 nitrogen and oxygen atoms in total. The maximum absolute atomic E-state index is 13.7. The lowest BCUT2D eigenvalue weighted by atomic mass is 9.86. The number of hydrogen-bond acceptors (Lipinski definition) is 4. The van der Waals surface area contributed by atoms with Crippen molar-refractivity contribution in [1.29, 1.82) is 0 Å². The average Bonchev–Trinajstić information content (AvgIpc) is 2.55. The zero-order valence-corrected chi connectivity index (χ0v) is 15.2. The smallest absolute Gasteiger partial charge is 0.380 e. The van der Waals surface area contributed by atoms with Gasteiger partial charge in [-0.15, -0.1) is 0 Å². The number of rotatable bonds is 6. The summed E-state index contributed by atoms with van der Waals surface area (Å²) in [7, 11) is 0. The molecule has 1 saturated carbocycles. The SMILES string of the molecule is CC1(Oc2ccc(C(=O)OC(C)(C)C(F)(F)C(=O)O)cc2)CCCCC1. The first-order valence-electron chi connectivity index (χ1n) is 8.60. The topological polar surface area (TPSA) is 72.8 Å². The highest BCUT2D eigenvalue weighted by atomic mass is 19.3. The summed E-state index contributed by atoms with van der Waals surface area (Å²) in [5, 5.41) is 8.62. The average molecular weight is 370 g/mol. The van der Waals surface area contributed by atoms with E-state index < -0.39 is 23.5 Å². The molecule has 1 aromatic rings. The monoisotopic (exact) mass is 370 g/mol. The summed E-state index contributed by atoms with van der Waals surface area (Å²) in [6, 6.07) is 6.00. The molecular formula is C19H24F2O5. The van der Waals surface area contributed by atoms with Crippen LogP contribution in [0.1, 0.15) is 63.2 Å². The van der Waals surface area contributed by atoms with Gasteiger partial charge in [-0.05, 0) is 70.7 Å². The molecule has 0 heterocycles. The van der Waals surface area contributed by atoms with Gasteiger partial charge in [-0.25, -0.2) is 9.59 Å². The Balaban J connectivity index is 2.05. The standard InChI is InChI=1S/C19H24F2O5/c1-17(2,19(20,21)16(23)24)26-15(22)13-7-9-14(10-8-13)25-18(3)11-5-4-6-12-18/h7-10H,4-6,11-12H2,1-3H3,(H,23,24). The number of esters is 1. The highest BCUT2D eigenvalue weighted by Crippen LogP contribution is 2.34. The van der Waals surface area contributed by atoms with E-state index in [1.165, 1.54) is 18.6 Å². The van der Waals surface area contributed by atoms with Gasteiger partial charge < -0.3 is 14.6 Å². The highest BCUT2D eigenvalue weighted by molar-refractivity contribution is 5.90. The number of benzene rings is 1. The van der Waals surface area contributed by atoms with Gasteiger partial charge in [-0.3, -0.25) is 0 Å². The van der Waals surface area contributed by atoms with Gasteiger partial charge in [0.25, 0.3) is 0 Å². The Hall–Kier alpha value is -2.18. The second-order valence-corrected chi connectivity index (χ2v) is 7.42. The van der Waals surface area contributed by atoms with Crippen LogP contribution < -0.4 is 4.74 Å². The van der Waals surface area contributed by atoms with Crippen molar-refractivity contribution in [2.45, 2.75) is 70.0 Å². The Kier molecular flexibility index (Phi) is 5.58. The predicted octanol–water partition coefficient (Wildman–Crippen LogP) is 4.44. The number of carbonyl (C=O) groups excluding carboxylic acids is 1. The molecule has 1 aromatic carbocycles. The van der Waals surface area contributed by atoms with Gasteiger partial charge in [0, 0.05) is 0 Å². The molecule has 0 bridgehead atoms. The number of carboxylic acids is 1. The molecule has 144 valence electrons. The minimum Gasteiger partial charge on any atom is -0.488 e. The van der Waals surface area contributed by atoms with Gasteiger partial charge in [0.05, 0.1) is 5.56 Å². The summed E-state index contributed by atoms with van der Waals surface area (Å²) in [6.45, 7) is 3.77. The summed E-state index contributed by atoms with van der Waals surface area (Å²) in [6.07, 6.45) is 5.31. The van der Waals surface area contributed by atoms with Crippen molar-refractivity contribution in [3.05, 3.63) is 29.8 Å². The number of carbonyl (C=O) groups is 2. The zero-order chi connectivity index (χ0) is 19.6. The summed E-state index contributed by atoms with van der Waals surface area (Å²) >= 11 is 0. The van der Waals surface area contributed by atoms with E-state index in [9.17, 15) is 18.4 Å². The number of halogens is 2. The van der Waals surface area contributed by atoms with Gasteiger partial charge in [-0.2, -0.15) is 8.78 Å². The third kappa shape index (κ3) is 4.31. The Morgan fingerprint density at radius 2 is 1.62 bits per heavy atom. The fourth-order valence-corrected chi connectivity index (χ4v) is 2.96. The van der Waals surface area contributed by atoms with Crippen LogP contribution in [0.5, 0.6) is 5.75 Å². The van der Waals surface area contributed by atoms with Gasteiger partial charge in [0.1, 0.15) is 11.4 Å². The second kappa shape index (κ2) is 7.21. The summed E-state index contributed by atoms with van der Waals surface area (Å²) in [5.74, 6) is -6.99. The molecule has 0 saturated heterocycles. The van der Waals surface area contributed by atoms with Crippen LogP contribution in [0.25, 0.3) is 0 Å². The first-order chi connectivity index (χ1) is 12.0. The van der Waals surface area contributed by atoms with Gasteiger partial charge in [0.2, 0.25) is 0 Å². The molecule has 0 spiro atoms. The Bertz CT molecular complexity index is 661. The van der Waals surface area contributed by atoms with E-state index in [0.29, 0.717) is 5.75 Å². The fraction of sp³-hybridized carbons (Fsp3) is 0.579. The van der Waals surface area contributed by atoms with Crippen LogP contribution in [0.3, 0.4) is 0 Å². The Labute approximate surface area is 151 Å². The van der Waals surface area contributed by atoms with Crippen molar-refractivity contribution in [2.24, 2.45) is 0 Å². The summed E-state index contributed by atoms with van der Waals surface area (Å²) in [5.41, 5.74) is -2.69. The highest BCUT2D eigenvalue weighted by Gasteiger charge is 2.56. The van der Waals surface area contributed by atoms with E-state index >= 15 is 0 Å². The van der Waals surface area contributed by atoms with Crippen molar-refractivity contribution in [3.8, 4) is 5.75 Å². The second-order valence-electron chi connectivity index (χ2n) is 7.42. The Morgan fingerprint density at radius 3 is 2.12 bits per heavy atom. The molecule has 1 N–H and O–H groups in total. The van der Waals surface area contributed by atoms with Crippen molar-refractivity contribution in [3.63, 3.8) is 0 Å². The van der Waals surface area contributed by atoms with Gasteiger partial charge in [0.15, 0.2) is 5.60 Å². The summed E-state index contributed by atoms with van der Waals surface area (Å²) < 4.78 is 38.1. The molecule has 0 radical (unpaired) electrons. The van der Waals surface area contributed by atoms with Crippen LogP contribution in [0.2, 0.25) is 0 Å². The van der Waals surface area contributed by atoms with Crippen molar-refractivity contribution in [2.75, 3.05) is 0 Å². The predicted molar refractivity (Wildman–Crippen MR) is 90.6 cm³/mol. The molecule has 2 rings (SSSR count). The van der Waals surface area contributed by atoms with Crippen molar-refractivity contribution in [1.82, 2.24) is 0 Å². The molecule has 7 heteroatoms. The lowest BCUT2D eigenvalue weighted by molar-refractivity contribution is -0.200. The summed E-state index contributed by atoms with van der Waals surface area (Å²) in [4.78, 5) is 22.8. The molecule has 0 aromatic heterocycles. The first-order valence-corrected chi connectivity index (χ1v) is 8.60. The first kappa shape index (κ1) is 20.1. The number of carboxylic acid groups (broad SMARTS) is 1. The van der Waals surface area contributed by atoms with E-state index in [1.54, 1.807) is 12.1 Å². The maximum Gasteiger partial charge on any atom is 0.380 e. The molecule has 26 heavy (non-hydrogen) atoms. The zero-order valence-electron chi connectivity index (χ0n) is 15.2. The molecular weight excluding hydrogens is 346 g/mol. The van der Waals surface area contributed by atoms with Crippen LogP contribution in [0.4, 0.5) is 8.78 Å². The van der Waals surface area contributed by atoms with Crippen molar-refractivity contribution < 1.29 is 33.0 Å². The van der Waals surface area contributed by atoms with Gasteiger partial charge in [-0.1, -0.05) is 6.42 Å². The molecule has 0 amide bonds. The molecule has 1 fully saturated rings. The fourth-order valence-electron chi connectivity index (χ4n) is 2.96. The third-order valence-electron chi connectivity index (χ3n) is 4.74. The van der Waals surface area contributed by atoms with E-state index in [2.05, 4.69) is 0 Å². The van der Waals surface area contributed by atoms with E-state index in [0.717, 1.165) is 39.5 Å². The van der Waals surface area contributed by atoms with E-state index in [4.69, 9.17) is 14.6 Å². The minimum atomic E-state index is -4.21. The van der Waals surface area contributed by atoms with Crippen LogP contribution in [-0.4, -0.2) is 34.2 Å². The molecule has 0 atom stereocenters.